The smallest absolute Gasteiger partial charge is 0.159 e. The second-order valence-electron chi connectivity index (χ2n) is 3.69. The molecule has 0 N–H and O–H groups in total. The number of hydrogen-bond donors (Lipinski definition) is 0. The summed E-state index contributed by atoms with van der Waals surface area (Å²) in [6.07, 6.45) is 6.46. The molecule has 1 fully saturated rings. The van der Waals surface area contributed by atoms with E-state index in [4.69, 9.17) is 0 Å². The Morgan fingerprint density at radius 1 is 1.38 bits per heavy atom. The molecule has 13 heavy (non-hydrogen) atoms. The topological polar surface area (TPSA) is 30.7 Å². The molecule has 0 atom stereocenters. The SMILES string of the molecule is c1cnc2c(c1)ncn2CC1CC1. The Labute approximate surface area is 76.4 Å². The van der Waals surface area contributed by atoms with Crippen molar-refractivity contribution in [1.29, 1.82) is 0 Å². The lowest BCUT2D eigenvalue weighted by molar-refractivity contribution is 0.638. The molecule has 2 aromatic rings. The van der Waals surface area contributed by atoms with Gasteiger partial charge in [0.25, 0.3) is 0 Å². The predicted molar refractivity (Wildman–Crippen MR) is 50.3 cm³/mol. The van der Waals surface area contributed by atoms with Crippen molar-refractivity contribution in [2.24, 2.45) is 5.92 Å². The first-order valence-electron chi connectivity index (χ1n) is 4.69. The fourth-order valence-electron chi connectivity index (χ4n) is 1.61. The minimum absolute atomic E-state index is 0.874. The minimum atomic E-state index is 0.874. The van der Waals surface area contributed by atoms with Crippen LogP contribution in [0.15, 0.2) is 24.7 Å². The van der Waals surface area contributed by atoms with Crippen molar-refractivity contribution >= 4 is 11.2 Å². The van der Waals surface area contributed by atoms with E-state index < -0.39 is 0 Å². The number of fused-ring (bicyclic) bond motifs is 1. The van der Waals surface area contributed by atoms with Gasteiger partial charge in [0.2, 0.25) is 0 Å². The van der Waals surface area contributed by atoms with Crippen LogP contribution in [0.5, 0.6) is 0 Å². The molecule has 0 unspecified atom stereocenters. The zero-order valence-electron chi connectivity index (χ0n) is 7.35. The molecule has 0 bridgehead atoms. The predicted octanol–water partition coefficient (Wildman–Crippen LogP) is 1.84. The quantitative estimate of drug-likeness (QED) is 0.693. The molecule has 0 aliphatic heterocycles. The van der Waals surface area contributed by atoms with Crippen LogP contribution in [0.25, 0.3) is 11.2 Å². The number of hydrogen-bond acceptors (Lipinski definition) is 2. The standard InChI is InChI=1S/C10H11N3/c1-2-9-10(11-5-1)13(7-12-9)6-8-3-4-8/h1-2,5,7-8H,3-4,6H2. The molecular formula is C10H11N3. The van der Waals surface area contributed by atoms with E-state index >= 15 is 0 Å². The highest BCUT2D eigenvalue weighted by Gasteiger charge is 2.22. The van der Waals surface area contributed by atoms with Crippen LogP contribution >= 0.6 is 0 Å². The maximum Gasteiger partial charge on any atom is 0.159 e. The number of rotatable bonds is 2. The third-order valence-electron chi connectivity index (χ3n) is 2.53. The summed E-state index contributed by atoms with van der Waals surface area (Å²) in [7, 11) is 0. The van der Waals surface area contributed by atoms with E-state index in [-0.39, 0.29) is 0 Å². The van der Waals surface area contributed by atoms with Gasteiger partial charge >= 0.3 is 0 Å². The van der Waals surface area contributed by atoms with Gasteiger partial charge in [0.05, 0.1) is 6.33 Å². The largest absolute Gasteiger partial charge is 0.315 e. The van der Waals surface area contributed by atoms with Gasteiger partial charge in [0, 0.05) is 12.7 Å². The van der Waals surface area contributed by atoms with Crippen molar-refractivity contribution in [3.63, 3.8) is 0 Å². The van der Waals surface area contributed by atoms with E-state index in [2.05, 4.69) is 14.5 Å². The highest BCUT2D eigenvalue weighted by Crippen LogP contribution is 2.31. The van der Waals surface area contributed by atoms with Gasteiger partial charge in [-0.1, -0.05) is 0 Å². The van der Waals surface area contributed by atoms with E-state index in [1.54, 1.807) is 0 Å². The summed E-state index contributed by atoms with van der Waals surface area (Å²) in [5, 5.41) is 0. The fraction of sp³-hybridized carbons (Fsp3) is 0.400. The minimum Gasteiger partial charge on any atom is -0.315 e. The normalized spacial score (nSPS) is 16.6. The van der Waals surface area contributed by atoms with Crippen LogP contribution in [0.2, 0.25) is 0 Å². The fourth-order valence-corrected chi connectivity index (χ4v) is 1.61. The lowest BCUT2D eigenvalue weighted by Crippen LogP contribution is -1.98. The van der Waals surface area contributed by atoms with Gasteiger partial charge in [-0.05, 0) is 30.9 Å². The van der Waals surface area contributed by atoms with Crippen LogP contribution < -0.4 is 0 Å². The molecule has 3 heteroatoms. The van der Waals surface area contributed by atoms with Gasteiger partial charge in [-0.25, -0.2) is 9.97 Å². The molecule has 3 nitrogen and oxygen atoms in total. The first-order chi connectivity index (χ1) is 6.43. The molecule has 2 heterocycles. The van der Waals surface area contributed by atoms with Gasteiger partial charge in [-0.2, -0.15) is 0 Å². The summed E-state index contributed by atoms with van der Waals surface area (Å²) < 4.78 is 2.16. The molecule has 0 spiro atoms. The monoisotopic (exact) mass is 173 g/mol. The van der Waals surface area contributed by atoms with Crippen molar-refractivity contribution in [1.82, 2.24) is 14.5 Å². The summed E-state index contributed by atoms with van der Waals surface area (Å²) in [5.74, 6) is 0.874. The molecule has 1 aliphatic carbocycles. The average Bonchev–Trinajstić information content (AvgIpc) is 2.88. The third-order valence-corrected chi connectivity index (χ3v) is 2.53. The second-order valence-corrected chi connectivity index (χ2v) is 3.69. The van der Waals surface area contributed by atoms with Crippen molar-refractivity contribution in [3.8, 4) is 0 Å². The van der Waals surface area contributed by atoms with Crippen LogP contribution in [-0.2, 0) is 6.54 Å². The molecule has 3 rings (SSSR count). The molecule has 2 aromatic heterocycles. The van der Waals surface area contributed by atoms with Gasteiger partial charge in [-0.3, -0.25) is 0 Å². The summed E-state index contributed by atoms with van der Waals surface area (Å²) in [6.45, 7) is 1.09. The van der Waals surface area contributed by atoms with E-state index in [1.807, 2.05) is 24.7 Å². The zero-order valence-corrected chi connectivity index (χ0v) is 7.35. The molecule has 1 saturated carbocycles. The Morgan fingerprint density at radius 2 is 2.31 bits per heavy atom. The van der Waals surface area contributed by atoms with E-state index in [1.165, 1.54) is 12.8 Å². The van der Waals surface area contributed by atoms with Gasteiger partial charge < -0.3 is 4.57 Å². The number of pyridine rings is 1. The van der Waals surface area contributed by atoms with Crippen LogP contribution in [0.4, 0.5) is 0 Å². The first kappa shape index (κ1) is 7.06. The van der Waals surface area contributed by atoms with Gasteiger partial charge in [0.1, 0.15) is 5.52 Å². The maximum absolute atomic E-state index is 4.32. The Hall–Kier alpha value is -1.38. The number of imidazole rings is 1. The molecular weight excluding hydrogens is 162 g/mol. The van der Waals surface area contributed by atoms with Crippen molar-refractivity contribution in [3.05, 3.63) is 24.7 Å². The van der Waals surface area contributed by atoms with Crippen molar-refractivity contribution in [2.45, 2.75) is 19.4 Å². The summed E-state index contributed by atoms with van der Waals surface area (Å²) in [6, 6.07) is 3.93. The Bertz CT molecular complexity index is 428. The molecule has 66 valence electrons. The maximum atomic E-state index is 4.32. The van der Waals surface area contributed by atoms with Gasteiger partial charge in [0.15, 0.2) is 5.65 Å². The van der Waals surface area contributed by atoms with Crippen LogP contribution in [0.3, 0.4) is 0 Å². The van der Waals surface area contributed by atoms with E-state index in [0.29, 0.717) is 0 Å². The Kier molecular flexibility index (Phi) is 1.39. The van der Waals surface area contributed by atoms with Crippen molar-refractivity contribution < 1.29 is 0 Å². The molecule has 0 radical (unpaired) electrons. The molecule has 1 aliphatic rings. The Balaban J connectivity index is 2.06. The number of aromatic nitrogens is 3. The molecule has 0 aromatic carbocycles. The summed E-state index contributed by atoms with van der Waals surface area (Å²) >= 11 is 0. The number of nitrogens with zero attached hydrogens (tertiary/aromatic N) is 3. The first-order valence-corrected chi connectivity index (χ1v) is 4.69. The molecule has 0 saturated heterocycles. The molecule has 0 amide bonds. The average molecular weight is 173 g/mol. The zero-order chi connectivity index (χ0) is 8.67. The van der Waals surface area contributed by atoms with Gasteiger partial charge in [-0.15, -0.1) is 0 Å². The lowest BCUT2D eigenvalue weighted by atomic mass is 10.4. The van der Waals surface area contributed by atoms with Crippen LogP contribution in [-0.4, -0.2) is 14.5 Å². The van der Waals surface area contributed by atoms with Crippen molar-refractivity contribution in [2.75, 3.05) is 0 Å². The summed E-state index contributed by atoms with van der Waals surface area (Å²) in [4.78, 5) is 8.62. The third kappa shape index (κ3) is 1.20. The van der Waals surface area contributed by atoms with Crippen LogP contribution in [0.1, 0.15) is 12.8 Å². The lowest BCUT2D eigenvalue weighted by Gasteiger charge is -1.99. The summed E-state index contributed by atoms with van der Waals surface area (Å²) in [5.41, 5.74) is 2.03. The Morgan fingerprint density at radius 3 is 3.15 bits per heavy atom. The van der Waals surface area contributed by atoms with Crippen LogP contribution in [0, 0.1) is 5.92 Å². The van der Waals surface area contributed by atoms with E-state index in [9.17, 15) is 0 Å². The second kappa shape index (κ2) is 2.55. The van der Waals surface area contributed by atoms with E-state index in [0.717, 1.165) is 23.6 Å². The highest BCUT2D eigenvalue weighted by molar-refractivity contribution is 5.69. The highest BCUT2D eigenvalue weighted by atomic mass is 15.1.